The van der Waals surface area contributed by atoms with E-state index in [1.807, 2.05) is 0 Å². The quantitative estimate of drug-likeness (QED) is 0.678. The maximum atomic E-state index is 12.2. The first-order valence-corrected chi connectivity index (χ1v) is 7.39. The fraction of sp³-hybridized carbons (Fsp3) is 0.200. The third-order valence-electron chi connectivity index (χ3n) is 2.34. The number of rotatable bonds is 3. The van der Waals surface area contributed by atoms with Gasteiger partial charge in [-0.2, -0.15) is 0 Å². The number of nitrogen functional groups attached to an aromatic ring is 1. The van der Waals surface area contributed by atoms with E-state index < -0.39 is 27.0 Å². The number of amides is 3. The number of hydrogen-bond acceptors (Lipinski definition) is 5. The van der Waals surface area contributed by atoms with E-state index in [-0.39, 0.29) is 9.37 Å². The Labute approximate surface area is 118 Å². The Kier molecular flexibility index (Phi) is 4.53. The third-order valence-corrected chi connectivity index (χ3v) is 5.38. The third kappa shape index (κ3) is 3.44. The molecule has 0 bridgehead atoms. The topological polar surface area (TPSA) is 132 Å². The lowest BCUT2D eigenvalue weighted by Crippen LogP contribution is -2.43. The van der Waals surface area contributed by atoms with Gasteiger partial charge < -0.3 is 11.5 Å². The first-order chi connectivity index (χ1) is 8.66. The molecule has 1 atom stereocenters. The molecule has 19 heavy (non-hydrogen) atoms. The van der Waals surface area contributed by atoms with Crippen LogP contribution in [0.2, 0.25) is 0 Å². The molecule has 0 aliphatic carbocycles. The number of nitrogens with two attached hydrogens (primary N) is 2. The number of benzene rings is 1. The summed E-state index contributed by atoms with van der Waals surface area (Å²) in [4.78, 5) is 22.0. The van der Waals surface area contributed by atoms with E-state index in [4.69, 9.17) is 11.5 Å². The summed E-state index contributed by atoms with van der Waals surface area (Å²) in [5.41, 5.74) is 10.7. The van der Waals surface area contributed by atoms with Crippen LogP contribution in [-0.4, -0.2) is 25.6 Å². The van der Waals surface area contributed by atoms with E-state index >= 15 is 0 Å². The Morgan fingerprint density at radius 2 is 1.95 bits per heavy atom. The van der Waals surface area contributed by atoms with Gasteiger partial charge in [-0.3, -0.25) is 10.1 Å². The van der Waals surface area contributed by atoms with Crippen LogP contribution in [0.5, 0.6) is 0 Å². The molecule has 104 valence electrons. The lowest BCUT2D eigenvalue weighted by Gasteiger charge is -2.13. The largest absolute Gasteiger partial charge is 0.399 e. The van der Waals surface area contributed by atoms with Gasteiger partial charge in [-0.1, -0.05) is 0 Å². The second-order valence-corrected chi connectivity index (χ2v) is 6.82. The van der Waals surface area contributed by atoms with Crippen LogP contribution in [0.3, 0.4) is 0 Å². The lowest BCUT2D eigenvalue weighted by atomic mass is 10.3. The zero-order chi connectivity index (χ0) is 14.8. The first-order valence-electron chi connectivity index (χ1n) is 5.05. The maximum Gasteiger partial charge on any atom is 0.318 e. The van der Waals surface area contributed by atoms with Crippen molar-refractivity contribution in [3.05, 3.63) is 22.7 Å². The molecule has 0 aliphatic rings. The van der Waals surface area contributed by atoms with E-state index in [0.29, 0.717) is 5.69 Å². The average molecular weight is 350 g/mol. The van der Waals surface area contributed by atoms with Crippen molar-refractivity contribution >= 4 is 43.4 Å². The lowest BCUT2D eigenvalue weighted by molar-refractivity contribution is -0.119. The number of carbonyl (C=O) groups is 2. The number of carbonyl (C=O) groups excluding carboxylic acids is 2. The van der Waals surface area contributed by atoms with E-state index in [1.165, 1.54) is 18.2 Å². The minimum atomic E-state index is -3.95. The summed E-state index contributed by atoms with van der Waals surface area (Å²) in [6.07, 6.45) is 0. The molecule has 0 aromatic heterocycles. The van der Waals surface area contributed by atoms with Gasteiger partial charge in [-0.05, 0) is 41.1 Å². The van der Waals surface area contributed by atoms with Crippen LogP contribution >= 0.6 is 15.9 Å². The van der Waals surface area contributed by atoms with Crippen LogP contribution in [-0.2, 0) is 14.6 Å². The molecule has 1 rings (SSSR count). The zero-order valence-electron chi connectivity index (χ0n) is 9.88. The highest BCUT2D eigenvalue weighted by atomic mass is 79.9. The van der Waals surface area contributed by atoms with E-state index in [9.17, 15) is 18.0 Å². The summed E-state index contributed by atoms with van der Waals surface area (Å²) in [7, 11) is -3.95. The molecule has 1 aromatic rings. The van der Waals surface area contributed by atoms with Crippen molar-refractivity contribution in [2.75, 3.05) is 5.73 Å². The highest BCUT2D eigenvalue weighted by Gasteiger charge is 2.31. The van der Waals surface area contributed by atoms with Gasteiger partial charge in [0.15, 0.2) is 9.84 Å². The van der Waals surface area contributed by atoms with Gasteiger partial charge in [-0.25, -0.2) is 13.2 Å². The summed E-state index contributed by atoms with van der Waals surface area (Å²) in [6.45, 7) is 1.16. The molecule has 1 aromatic carbocycles. The maximum absolute atomic E-state index is 12.2. The Morgan fingerprint density at radius 3 is 2.42 bits per heavy atom. The Morgan fingerprint density at radius 1 is 1.37 bits per heavy atom. The monoisotopic (exact) mass is 349 g/mol. The van der Waals surface area contributed by atoms with E-state index in [0.717, 1.165) is 6.92 Å². The first kappa shape index (κ1) is 15.4. The number of imide groups is 1. The zero-order valence-corrected chi connectivity index (χ0v) is 12.3. The van der Waals surface area contributed by atoms with Crippen LogP contribution in [0.25, 0.3) is 0 Å². The number of nitrogens with one attached hydrogen (secondary N) is 1. The van der Waals surface area contributed by atoms with Crippen molar-refractivity contribution in [1.29, 1.82) is 0 Å². The number of primary amides is 1. The van der Waals surface area contributed by atoms with Gasteiger partial charge in [0.25, 0.3) is 0 Å². The normalized spacial score (nSPS) is 12.7. The van der Waals surface area contributed by atoms with Crippen molar-refractivity contribution in [1.82, 2.24) is 5.32 Å². The summed E-state index contributed by atoms with van der Waals surface area (Å²) >= 11 is 3.07. The van der Waals surface area contributed by atoms with Crippen molar-refractivity contribution < 1.29 is 18.0 Å². The Bertz CT molecular complexity index is 630. The Hall–Kier alpha value is -1.61. The molecule has 3 amide bonds. The highest BCUT2D eigenvalue weighted by molar-refractivity contribution is 9.10. The molecule has 0 aliphatic heterocycles. The van der Waals surface area contributed by atoms with Crippen LogP contribution < -0.4 is 16.8 Å². The number of halogens is 1. The molecule has 0 radical (unpaired) electrons. The van der Waals surface area contributed by atoms with Crippen molar-refractivity contribution in [3.8, 4) is 0 Å². The predicted molar refractivity (Wildman–Crippen MR) is 72.9 cm³/mol. The van der Waals surface area contributed by atoms with Gasteiger partial charge >= 0.3 is 6.03 Å². The molecule has 0 spiro atoms. The number of anilines is 1. The second-order valence-electron chi connectivity index (χ2n) is 3.73. The fourth-order valence-electron chi connectivity index (χ4n) is 1.30. The molecule has 0 heterocycles. The van der Waals surface area contributed by atoms with E-state index in [2.05, 4.69) is 15.9 Å². The van der Waals surface area contributed by atoms with Gasteiger partial charge in [-0.15, -0.1) is 0 Å². The minimum Gasteiger partial charge on any atom is -0.399 e. The summed E-state index contributed by atoms with van der Waals surface area (Å²) in [6, 6.07) is 2.98. The van der Waals surface area contributed by atoms with Gasteiger partial charge in [0, 0.05) is 10.2 Å². The fourth-order valence-corrected chi connectivity index (χ4v) is 3.69. The summed E-state index contributed by atoms with van der Waals surface area (Å²) in [5, 5.41) is 0.272. The molecular weight excluding hydrogens is 338 g/mol. The molecule has 0 saturated carbocycles. The molecule has 7 nitrogen and oxygen atoms in total. The molecule has 9 heteroatoms. The van der Waals surface area contributed by atoms with E-state index in [1.54, 1.807) is 5.32 Å². The van der Waals surface area contributed by atoms with Crippen molar-refractivity contribution in [2.45, 2.75) is 17.1 Å². The summed E-state index contributed by atoms with van der Waals surface area (Å²) < 4.78 is 24.6. The Balaban J connectivity index is 3.16. The molecular formula is C10H12BrN3O4S. The number of sulfone groups is 1. The van der Waals surface area contributed by atoms with Crippen LogP contribution in [0, 0.1) is 0 Å². The smallest absolute Gasteiger partial charge is 0.318 e. The van der Waals surface area contributed by atoms with Gasteiger partial charge in [0.2, 0.25) is 5.91 Å². The van der Waals surface area contributed by atoms with Gasteiger partial charge in [0.1, 0.15) is 5.25 Å². The summed E-state index contributed by atoms with van der Waals surface area (Å²) in [5.74, 6) is -0.990. The van der Waals surface area contributed by atoms with Crippen molar-refractivity contribution in [3.63, 3.8) is 0 Å². The molecule has 5 N–H and O–H groups in total. The predicted octanol–water partition coefficient (Wildman–Crippen LogP) is 0.388. The van der Waals surface area contributed by atoms with Crippen LogP contribution in [0.4, 0.5) is 10.5 Å². The standard InChI is InChI=1S/C10H12BrN3O4S/c1-5(9(15)14-10(13)16)19(17,18)8-3-2-6(12)4-7(8)11/h2-5H,12H2,1H3,(H3,13,14,15,16). The van der Waals surface area contributed by atoms with Crippen molar-refractivity contribution in [2.24, 2.45) is 5.73 Å². The van der Waals surface area contributed by atoms with Gasteiger partial charge in [0.05, 0.1) is 4.90 Å². The highest BCUT2D eigenvalue weighted by Crippen LogP contribution is 2.27. The average Bonchev–Trinajstić information content (AvgIpc) is 2.26. The number of urea groups is 1. The number of hydrogen-bond donors (Lipinski definition) is 3. The molecule has 0 saturated heterocycles. The van der Waals surface area contributed by atoms with Crippen LogP contribution in [0.1, 0.15) is 6.92 Å². The second kappa shape index (κ2) is 5.57. The van der Waals surface area contributed by atoms with Crippen LogP contribution in [0.15, 0.2) is 27.6 Å². The minimum absolute atomic E-state index is 0.0891. The SMILES string of the molecule is CC(C(=O)NC(N)=O)S(=O)(=O)c1ccc(N)cc1Br. The molecule has 0 fully saturated rings. The molecule has 1 unspecified atom stereocenters.